The van der Waals surface area contributed by atoms with Gasteiger partial charge in [-0.05, 0) is 49.2 Å². The van der Waals surface area contributed by atoms with Gasteiger partial charge in [0.05, 0.1) is 5.56 Å². The van der Waals surface area contributed by atoms with Gasteiger partial charge in [0.2, 0.25) is 11.8 Å². The van der Waals surface area contributed by atoms with Crippen molar-refractivity contribution in [1.82, 2.24) is 0 Å². The molecule has 0 atom stereocenters. The van der Waals surface area contributed by atoms with Crippen molar-refractivity contribution in [2.24, 2.45) is 0 Å². The van der Waals surface area contributed by atoms with E-state index in [9.17, 15) is 22.8 Å². The number of hydrogen-bond donors (Lipinski definition) is 1. The highest BCUT2D eigenvalue weighted by Gasteiger charge is 2.30. The molecular weight excluding hydrogens is 357 g/mol. The molecule has 0 fully saturated rings. The Bertz CT molecular complexity index is 810. The van der Waals surface area contributed by atoms with Crippen LogP contribution in [-0.2, 0) is 15.8 Å². The van der Waals surface area contributed by atoms with E-state index in [-0.39, 0.29) is 30.5 Å². The molecule has 7 heteroatoms. The van der Waals surface area contributed by atoms with Crippen LogP contribution in [0, 0.1) is 13.8 Å². The summed E-state index contributed by atoms with van der Waals surface area (Å²) in [6.45, 7) is 5.38. The lowest BCUT2D eigenvalue weighted by atomic mass is 10.1. The first-order valence-electron chi connectivity index (χ1n) is 8.41. The molecule has 0 spiro atoms. The molecule has 2 aromatic carbocycles. The van der Waals surface area contributed by atoms with Crippen LogP contribution in [0.25, 0.3) is 0 Å². The fourth-order valence-corrected chi connectivity index (χ4v) is 2.84. The number of amides is 2. The average molecular weight is 378 g/mol. The van der Waals surface area contributed by atoms with Crippen LogP contribution in [-0.4, -0.2) is 18.4 Å². The van der Waals surface area contributed by atoms with Gasteiger partial charge in [0.1, 0.15) is 0 Å². The van der Waals surface area contributed by atoms with E-state index in [0.717, 1.165) is 28.9 Å². The highest BCUT2D eigenvalue weighted by molar-refractivity contribution is 5.95. The molecule has 144 valence electrons. The summed E-state index contributed by atoms with van der Waals surface area (Å²) in [5, 5.41) is 2.55. The van der Waals surface area contributed by atoms with Crippen molar-refractivity contribution < 1.29 is 22.8 Å². The van der Waals surface area contributed by atoms with Crippen molar-refractivity contribution in [3.8, 4) is 0 Å². The topological polar surface area (TPSA) is 49.4 Å². The second kappa shape index (κ2) is 8.24. The van der Waals surface area contributed by atoms with E-state index in [1.807, 2.05) is 32.0 Å². The fourth-order valence-electron chi connectivity index (χ4n) is 2.84. The molecule has 0 aromatic heterocycles. The number of anilines is 2. The van der Waals surface area contributed by atoms with Crippen molar-refractivity contribution in [3.05, 3.63) is 59.2 Å². The van der Waals surface area contributed by atoms with E-state index in [2.05, 4.69) is 5.32 Å². The second-order valence-electron chi connectivity index (χ2n) is 6.28. The third kappa shape index (κ3) is 5.32. The summed E-state index contributed by atoms with van der Waals surface area (Å²) >= 11 is 0. The molecule has 0 aliphatic rings. The van der Waals surface area contributed by atoms with Gasteiger partial charge >= 0.3 is 6.18 Å². The van der Waals surface area contributed by atoms with Crippen molar-refractivity contribution in [3.63, 3.8) is 0 Å². The SMILES string of the molecule is CC(=O)N(CCC(=O)Nc1ccc(C(F)(F)F)cc1)c1c(C)cccc1C. The number of halogens is 3. The Morgan fingerprint density at radius 2 is 1.56 bits per heavy atom. The Hall–Kier alpha value is -2.83. The number of hydrogen-bond acceptors (Lipinski definition) is 2. The Balaban J connectivity index is 2.03. The first-order valence-corrected chi connectivity index (χ1v) is 8.41. The van der Waals surface area contributed by atoms with Crippen LogP contribution in [0.1, 0.15) is 30.0 Å². The number of benzene rings is 2. The quantitative estimate of drug-likeness (QED) is 0.820. The molecule has 0 bridgehead atoms. The number of para-hydroxylation sites is 1. The zero-order valence-electron chi connectivity index (χ0n) is 15.4. The van der Waals surface area contributed by atoms with Gasteiger partial charge in [-0.3, -0.25) is 9.59 Å². The van der Waals surface area contributed by atoms with Gasteiger partial charge in [-0.15, -0.1) is 0 Å². The van der Waals surface area contributed by atoms with E-state index in [1.54, 1.807) is 0 Å². The minimum absolute atomic E-state index is 0.0222. The maximum absolute atomic E-state index is 12.6. The zero-order chi connectivity index (χ0) is 20.2. The molecule has 2 rings (SSSR count). The van der Waals surface area contributed by atoms with Gasteiger partial charge in [0.25, 0.3) is 0 Å². The number of aryl methyl sites for hydroxylation is 2. The molecule has 0 aliphatic heterocycles. The van der Waals surface area contributed by atoms with Crippen LogP contribution in [0.5, 0.6) is 0 Å². The largest absolute Gasteiger partial charge is 0.416 e. The summed E-state index contributed by atoms with van der Waals surface area (Å²) < 4.78 is 37.7. The van der Waals surface area contributed by atoms with E-state index in [4.69, 9.17) is 0 Å². The van der Waals surface area contributed by atoms with Crippen molar-refractivity contribution >= 4 is 23.2 Å². The third-order valence-electron chi connectivity index (χ3n) is 4.15. The van der Waals surface area contributed by atoms with Gasteiger partial charge in [-0.1, -0.05) is 18.2 Å². The number of nitrogens with zero attached hydrogens (tertiary/aromatic N) is 1. The molecule has 0 radical (unpaired) electrons. The van der Waals surface area contributed by atoms with E-state index < -0.39 is 11.7 Å². The van der Waals surface area contributed by atoms with Crippen LogP contribution in [0.4, 0.5) is 24.5 Å². The summed E-state index contributed by atoms with van der Waals surface area (Å²) in [4.78, 5) is 25.7. The number of nitrogens with one attached hydrogen (secondary N) is 1. The van der Waals surface area contributed by atoms with Gasteiger partial charge in [-0.2, -0.15) is 13.2 Å². The van der Waals surface area contributed by atoms with E-state index >= 15 is 0 Å². The van der Waals surface area contributed by atoms with Crippen molar-refractivity contribution in [1.29, 1.82) is 0 Å². The minimum Gasteiger partial charge on any atom is -0.326 e. The predicted molar refractivity (Wildman–Crippen MR) is 98.6 cm³/mol. The standard InChI is InChI=1S/C20H21F3N2O2/c1-13-5-4-6-14(2)19(13)25(15(3)26)12-11-18(27)24-17-9-7-16(8-10-17)20(21,22)23/h4-10H,11-12H2,1-3H3,(H,24,27). The normalized spacial score (nSPS) is 11.2. The molecule has 1 N–H and O–H groups in total. The van der Waals surface area contributed by atoms with Crippen LogP contribution < -0.4 is 10.2 Å². The number of carbonyl (C=O) groups excluding carboxylic acids is 2. The van der Waals surface area contributed by atoms with E-state index in [0.29, 0.717) is 0 Å². The Labute approximate surface area is 156 Å². The zero-order valence-corrected chi connectivity index (χ0v) is 15.4. The molecule has 4 nitrogen and oxygen atoms in total. The average Bonchev–Trinajstić information content (AvgIpc) is 2.56. The molecule has 2 aromatic rings. The molecule has 0 aliphatic carbocycles. The van der Waals surface area contributed by atoms with Gasteiger partial charge < -0.3 is 10.2 Å². The maximum Gasteiger partial charge on any atom is 0.416 e. The monoisotopic (exact) mass is 378 g/mol. The molecule has 0 saturated heterocycles. The number of rotatable bonds is 5. The lowest BCUT2D eigenvalue weighted by Crippen LogP contribution is -2.33. The van der Waals surface area contributed by atoms with Crippen molar-refractivity contribution in [2.45, 2.75) is 33.4 Å². The predicted octanol–water partition coefficient (Wildman–Crippen LogP) is 4.70. The van der Waals surface area contributed by atoms with Crippen molar-refractivity contribution in [2.75, 3.05) is 16.8 Å². The lowest BCUT2D eigenvalue weighted by molar-refractivity contribution is -0.137. The van der Waals surface area contributed by atoms with E-state index in [1.165, 1.54) is 24.0 Å². The number of carbonyl (C=O) groups is 2. The Kier molecular flexibility index (Phi) is 6.25. The summed E-state index contributed by atoms with van der Waals surface area (Å²) in [6, 6.07) is 9.90. The first-order chi connectivity index (χ1) is 12.6. The first kappa shape index (κ1) is 20.5. The summed E-state index contributed by atoms with van der Waals surface area (Å²) in [6.07, 6.45) is -4.40. The Morgan fingerprint density at radius 1 is 1.00 bits per heavy atom. The molecule has 0 heterocycles. The molecular formula is C20H21F3N2O2. The van der Waals surface area contributed by atoms with Crippen LogP contribution >= 0.6 is 0 Å². The van der Waals surface area contributed by atoms with Crippen LogP contribution in [0.3, 0.4) is 0 Å². The summed E-state index contributed by atoms with van der Waals surface area (Å²) in [5.74, 6) is -0.568. The second-order valence-corrected chi connectivity index (χ2v) is 6.28. The van der Waals surface area contributed by atoms with Gasteiger partial charge in [0.15, 0.2) is 0 Å². The maximum atomic E-state index is 12.6. The molecule has 27 heavy (non-hydrogen) atoms. The third-order valence-corrected chi connectivity index (χ3v) is 4.15. The fraction of sp³-hybridized carbons (Fsp3) is 0.300. The van der Waals surface area contributed by atoms with Gasteiger partial charge in [-0.25, -0.2) is 0 Å². The smallest absolute Gasteiger partial charge is 0.326 e. The van der Waals surface area contributed by atoms with Crippen LogP contribution in [0.15, 0.2) is 42.5 Å². The highest BCUT2D eigenvalue weighted by Crippen LogP contribution is 2.30. The minimum atomic E-state index is -4.42. The lowest BCUT2D eigenvalue weighted by Gasteiger charge is -2.25. The number of alkyl halides is 3. The highest BCUT2D eigenvalue weighted by atomic mass is 19.4. The molecule has 0 saturated carbocycles. The van der Waals surface area contributed by atoms with Crippen LogP contribution in [0.2, 0.25) is 0 Å². The molecule has 2 amide bonds. The van der Waals surface area contributed by atoms with Gasteiger partial charge in [0, 0.05) is 31.3 Å². The Morgan fingerprint density at radius 3 is 2.04 bits per heavy atom. The summed E-state index contributed by atoms with van der Waals surface area (Å²) in [5.41, 5.74) is 2.11. The summed E-state index contributed by atoms with van der Waals surface area (Å²) in [7, 11) is 0. The molecule has 0 unspecified atom stereocenters.